The number of aliphatic hydroxyl groups is 3. The van der Waals surface area contributed by atoms with E-state index >= 15 is 0 Å². The van der Waals surface area contributed by atoms with Crippen LogP contribution < -0.4 is 0 Å². The molecule has 7 nitrogen and oxygen atoms in total. The Balaban J connectivity index is 1.56. The van der Waals surface area contributed by atoms with E-state index in [1.165, 1.54) is 0 Å². The average Bonchev–Trinajstić information content (AvgIpc) is 3.01. The highest BCUT2D eigenvalue weighted by Crippen LogP contribution is 2.71. The largest absolute Gasteiger partial charge is 0.414 e. The van der Waals surface area contributed by atoms with Crippen LogP contribution in [0.2, 0.25) is 18.1 Å². The van der Waals surface area contributed by atoms with Crippen molar-refractivity contribution in [2.45, 2.75) is 140 Å². The lowest BCUT2D eigenvalue weighted by Crippen LogP contribution is -2.78. The lowest BCUT2D eigenvalue weighted by molar-refractivity contribution is -0.401. The molecule has 0 aromatic carbocycles. The third-order valence-corrected chi connectivity index (χ3v) is 16.7. The van der Waals surface area contributed by atoms with Gasteiger partial charge in [-0.1, -0.05) is 27.7 Å². The van der Waals surface area contributed by atoms with Gasteiger partial charge < -0.3 is 34.0 Å². The van der Waals surface area contributed by atoms with Crippen LogP contribution in [-0.4, -0.2) is 71.8 Å². The van der Waals surface area contributed by atoms with Gasteiger partial charge in [0, 0.05) is 23.7 Å². The number of hydrogen-bond donors (Lipinski definition) is 3. The van der Waals surface area contributed by atoms with Crippen LogP contribution in [0.15, 0.2) is 0 Å². The molecule has 4 aliphatic carbocycles. The standard InChI is InChI=1S/C29H50O7Si/c1-24(2,3)37(7,8)36-19-13-22-28(17-34-25(4,5)35-22)23-20(10-11-27(28,32)14-19)29(33)12-9-18(16-30)26(29,6)15-21(23)31/h16,18-23,31-33H,9-15,17H2,1-8H3/t18-,19+,20-,21+,22-,23-,26-,27+,28-,29+/m1/s1. The molecule has 1 spiro atoms. The molecule has 10 atom stereocenters. The van der Waals surface area contributed by atoms with E-state index in [4.69, 9.17) is 13.9 Å². The topological polar surface area (TPSA) is 105 Å². The van der Waals surface area contributed by atoms with Gasteiger partial charge in [-0.2, -0.15) is 0 Å². The molecule has 4 saturated carbocycles. The van der Waals surface area contributed by atoms with Crippen molar-refractivity contribution >= 4 is 14.6 Å². The Hall–Kier alpha value is -0.353. The SMILES string of the molecule is CC1(C)OC[C@@]23[C@@H]4[C@@H](CC[C@]2(O)C[C@@H](O[Si](C)(C)C(C)(C)C)C[C@H]3O1)[C@@]1(O)CC[C@H](C=O)[C@@]1(C)C[C@@H]4O. The second kappa shape index (κ2) is 8.34. The lowest BCUT2D eigenvalue weighted by Gasteiger charge is -2.71. The third-order valence-electron chi connectivity index (χ3n) is 12.2. The predicted molar refractivity (Wildman–Crippen MR) is 142 cm³/mol. The first kappa shape index (κ1) is 28.2. The van der Waals surface area contributed by atoms with Crippen molar-refractivity contribution in [2.75, 3.05) is 6.61 Å². The summed E-state index contributed by atoms with van der Waals surface area (Å²) in [5.41, 5.74) is -3.73. The second-order valence-corrected chi connectivity index (χ2v) is 20.1. The monoisotopic (exact) mass is 538 g/mol. The highest BCUT2D eigenvalue weighted by molar-refractivity contribution is 6.74. The van der Waals surface area contributed by atoms with Crippen LogP contribution in [-0.2, 0) is 18.7 Å². The van der Waals surface area contributed by atoms with Gasteiger partial charge in [0.25, 0.3) is 0 Å². The third kappa shape index (κ3) is 3.76. The summed E-state index contributed by atoms with van der Waals surface area (Å²) in [6, 6.07) is 0. The maximum Gasteiger partial charge on any atom is 0.192 e. The number of ether oxygens (including phenoxy) is 2. The summed E-state index contributed by atoms with van der Waals surface area (Å²) in [5.74, 6) is -1.71. The highest BCUT2D eigenvalue weighted by atomic mass is 28.4. The molecular weight excluding hydrogens is 488 g/mol. The minimum atomic E-state index is -2.10. The molecule has 0 amide bonds. The Bertz CT molecular complexity index is 932. The zero-order valence-electron chi connectivity index (χ0n) is 24.2. The quantitative estimate of drug-likeness (QED) is 0.366. The number of carbonyl (C=O) groups excluding carboxylic acids is 1. The van der Waals surface area contributed by atoms with Crippen LogP contribution in [0.5, 0.6) is 0 Å². The highest BCUT2D eigenvalue weighted by Gasteiger charge is 2.76. The van der Waals surface area contributed by atoms with Gasteiger partial charge in [-0.25, -0.2) is 0 Å². The van der Waals surface area contributed by atoms with Crippen molar-refractivity contribution < 1.29 is 34.0 Å². The molecular formula is C29H50O7Si. The molecule has 1 saturated heterocycles. The van der Waals surface area contributed by atoms with E-state index in [0.29, 0.717) is 44.9 Å². The van der Waals surface area contributed by atoms with E-state index < -0.39 is 42.2 Å². The Kier molecular flexibility index (Phi) is 6.35. The van der Waals surface area contributed by atoms with Gasteiger partial charge in [0.1, 0.15) is 6.29 Å². The van der Waals surface area contributed by atoms with Crippen molar-refractivity contribution in [1.82, 2.24) is 0 Å². The molecule has 3 N–H and O–H groups in total. The molecule has 5 aliphatic rings. The Morgan fingerprint density at radius 1 is 1.05 bits per heavy atom. The van der Waals surface area contributed by atoms with Crippen LogP contribution in [0.25, 0.3) is 0 Å². The van der Waals surface area contributed by atoms with Gasteiger partial charge >= 0.3 is 0 Å². The van der Waals surface area contributed by atoms with E-state index in [1.807, 2.05) is 20.8 Å². The van der Waals surface area contributed by atoms with Gasteiger partial charge in [-0.05, 0) is 76.4 Å². The molecule has 0 radical (unpaired) electrons. The fourth-order valence-corrected chi connectivity index (χ4v) is 10.6. The fourth-order valence-electron chi connectivity index (χ4n) is 9.19. The molecule has 0 unspecified atom stereocenters. The van der Waals surface area contributed by atoms with E-state index in [1.54, 1.807) is 0 Å². The summed E-state index contributed by atoms with van der Waals surface area (Å²) in [5, 5.41) is 36.8. The van der Waals surface area contributed by atoms with Gasteiger partial charge in [0.05, 0.1) is 41.5 Å². The van der Waals surface area contributed by atoms with Gasteiger partial charge in [0.2, 0.25) is 0 Å². The summed E-state index contributed by atoms with van der Waals surface area (Å²) in [6.45, 7) is 17.2. The Labute approximate surface area is 223 Å². The number of fused-ring (bicyclic) bond motifs is 3. The van der Waals surface area contributed by atoms with Crippen molar-refractivity contribution in [3.05, 3.63) is 0 Å². The smallest absolute Gasteiger partial charge is 0.192 e. The van der Waals surface area contributed by atoms with Gasteiger partial charge in [-0.15, -0.1) is 0 Å². The predicted octanol–water partition coefficient (Wildman–Crippen LogP) is 4.18. The zero-order chi connectivity index (χ0) is 27.4. The molecule has 0 aromatic rings. The van der Waals surface area contributed by atoms with E-state index in [9.17, 15) is 20.1 Å². The molecule has 8 heteroatoms. The molecule has 5 rings (SSSR count). The molecule has 0 aromatic heterocycles. The molecule has 1 aliphatic heterocycles. The number of aliphatic hydroxyl groups excluding tert-OH is 1. The number of hydrogen-bond acceptors (Lipinski definition) is 7. The normalized spacial score (nSPS) is 51.4. The first-order valence-corrected chi connectivity index (χ1v) is 17.3. The number of carbonyl (C=O) groups is 1. The maximum atomic E-state index is 12.6. The Morgan fingerprint density at radius 2 is 1.73 bits per heavy atom. The molecule has 1 heterocycles. The summed E-state index contributed by atoms with van der Waals surface area (Å²) < 4.78 is 19.8. The zero-order valence-corrected chi connectivity index (χ0v) is 25.2. The minimum Gasteiger partial charge on any atom is -0.414 e. The summed E-state index contributed by atoms with van der Waals surface area (Å²) in [4.78, 5) is 12.0. The number of aldehydes is 1. The van der Waals surface area contributed by atoms with E-state index in [-0.39, 0.29) is 41.6 Å². The van der Waals surface area contributed by atoms with Gasteiger partial charge in [0.15, 0.2) is 14.1 Å². The minimum absolute atomic E-state index is 0.0442. The van der Waals surface area contributed by atoms with Gasteiger partial charge in [-0.3, -0.25) is 0 Å². The van der Waals surface area contributed by atoms with Crippen LogP contribution in [0, 0.1) is 28.6 Å². The van der Waals surface area contributed by atoms with Crippen LogP contribution in [0.1, 0.15) is 86.5 Å². The van der Waals surface area contributed by atoms with Crippen LogP contribution >= 0.6 is 0 Å². The van der Waals surface area contributed by atoms with E-state index in [0.717, 1.165) is 6.29 Å². The summed E-state index contributed by atoms with van der Waals surface area (Å²) in [7, 11) is -2.10. The summed E-state index contributed by atoms with van der Waals surface area (Å²) >= 11 is 0. The van der Waals surface area contributed by atoms with Crippen molar-refractivity contribution in [1.29, 1.82) is 0 Å². The van der Waals surface area contributed by atoms with Crippen LogP contribution in [0.3, 0.4) is 0 Å². The first-order valence-electron chi connectivity index (χ1n) is 14.4. The second-order valence-electron chi connectivity index (χ2n) is 15.4. The molecule has 212 valence electrons. The lowest BCUT2D eigenvalue weighted by atomic mass is 9.40. The summed E-state index contributed by atoms with van der Waals surface area (Å²) in [6.07, 6.45) is 3.41. The average molecular weight is 539 g/mol. The van der Waals surface area contributed by atoms with Crippen molar-refractivity contribution in [2.24, 2.45) is 28.6 Å². The molecule has 37 heavy (non-hydrogen) atoms. The Morgan fingerprint density at radius 3 is 2.35 bits per heavy atom. The van der Waals surface area contributed by atoms with Crippen molar-refractivity contribution in [3.63, 3.8) is 0 Å². The van der Waals surface area contributed by atoms with Crippen molar-refractivity contribution in [3.8, 4) is 0 Å². The van der Waals surface area contributed by atoms with E-state index in [2.05, 4.69) is 33.9 Å². The maximum absolute atomic E-state index is 12.6. The molecule has 0 bridgehead atoms. The van der Waals surface area contributed by atoms with Crippen LogP contribution in [0.4, 0.5) is 0 Å². The molecule has 5 fully saturated rings. The number of rotatable bonds is 3. The fraction of sp³-hybridized carbons (Fsp3) is 0.966. The first-order chi connectivity index (χ1) is 16.9.